The molecule has 1 N–H and O–H groups in total. The van der Waals surface area contributed by atoms with Crippen molar-refractivity contribution in [3.63, 3.8) is 0 Å². The van der Waals surface area contributed by atoms with Crippen LogP contribution in [0.3, 0.4) is 0 Å². The Kier molecular flexibility index (Phi) is 9.73. The number of aromatic nitrogens is 2. The van der Waals surface area contributed by atoms with Crippen molar-refractivity contribution >= 4 is 96.8 Å². The summed E-state index contributed by atoms with van der Waals surface area (Å²) in [5, 5.41) is 25.8. The summed E-state index contributed by atoms with van der Waals surface area (Å²) in [5.41, 5.74) is 4.28. The lowest BCUT2D eigenvalue weighted by Crippen LogP contribution is -2.49. The van der Waals surface area contributed by atoms with E-state index in [0.29, 0.717) is 39.2 Å². The lowest BCUT2D eigenvalue weighted by molar-refractivity contribution is -0.131. The summed E-state index contributed by atoms with van der Waals surface area (Å²) in [7, 11) is 5.64. The molecule has 0 unspecified atom stereocenters. The second-order valence-electron chi connectivity index (χ2n) is 17.2. The highest BCUT2D eigenvalue weighted by Crippen LogP contribution is 2.64. The SMILES string of the molecule is Cc1c(-c2cc(N3C(=O)[C@@H]4C[C@@H]5C(=CC[C@@H]6C(=O)N(c7ccc(N=Nc8ccc(N(C)C)cc8)cc7)C(=O)[C@@H]65)[C@H](c5ccc(O)cc5Cl)[C@]4(C)C3=O)n(C)n2)sc2ccc(Cl)cc12. The van der Waals surface area contributed by atoms with Crippen molar-refractivity contribution in [2.75, 3.05) is 28.8 Å². The molecule has 3 fully saturated rings. The smallest absolute Gasteiger partial charge is 0.242 e. The highest BCUT2D eigenvalue weighted by atomic mass is 35.5. The third kappa shape index (κ3) is 6.34. The van der Waals surface area contributed by atoms with Gasteiger partial charge in [0.1, 0.15) is 17.3 Å². The second-order valence-corrected chi connectivity index (χ2v) is 19.1. The van der Waals surface area contributed by atoms with E-state index in [9.17, 15) is 14.7 Å². The van der Waals surface area contributed by atoms with Gasteiger partial charge in [0.25, 0.3) is 0 Å². The van der Waals surface area contributed by atoms with Crippen molar-refractivity contribution < 1.29 is 24.3 Å². The number of nitrogens with zero attached hydrogens (tertiary/aromatic N) is 7. The Morgan fingerprint density at radius 3 is 2.22 bits per heavy atom. The minimum atomic E-state index is -1.34. The van der Waals surface area contributed by atoms with Crippen molar-refractivity contribution in [1.82, 2.24) is 9.78 Å². The predicted molar refractivity (Wildman–Crippen MR) is 245 cm³/mol. The van der Waals surface area contributed by atoms with Gasteiger partial charge in [0.2, 0.25) is 23.6 Å². The molecular formula is C48H41Cl2N7O5S. The summed E-state index contributed by atoms with van der Waals surface area (Å²) in [6.07, 6.45) is 2.41. The van der Waals surface area contributed by atoms with Crippen LogP contribution in [-0.2, 0) is 26.2 Å². The number of thiophene rings is 1. The van der Waals surface area contributed by atoms with Gasteiger partial charge in [-0.25, -0.2) is 4.90 Å². The van der Waals surface area contributed by atoms with Gasteiger partial charge in [0, 0.05) is 53.6 Å². The Bertz CT molecular complexity index is 3000. The van der Waals surface area contributed by atoms with Gasteiger partial charge in [0.05, 0.1) is 45.1 Å². The number of hydrogen-bond acceptors (Lipinski definition) is 10. The zero-order valence-corrected chi connectivity index (χ0v) is 37.2. The normalized spacial score (nSPS) is 24.4. The third-order valence-corrected chi connectivity index (χ3v) is 15.4. The fourth-order valence-electron chi connectivity index (χ4n) is 10.4. The fourth-order valence-corrected chi connectivity index (χ4v) is 12.0. The Morgan fingerprint density at radius 1 is 0.841 bits per heavy atom. The number of carbonyl (C=O) groups excluding carboxylic acids is 4. The van der Waals surface area contributed by atoms with Gasteiger partial charge in [-0.2, -0.15) is 15.3 Å². The molecule has 4 amide bonds. The van der Waals surface area contributed by atoms with E-state index in [-0.39, 0.29) is 35.4 Å². The zero-order chi connectivity index (χ0) is 44.2. The van der Waals surface area contributed by atoms with Crippen LogP contribution in [0.2, 0.25) is 10.0 Å². The Morgan fingerprint density at radius 2 is 1.54 bits per heavy atom. The number of hydrogen-bond donors (Lipinski definition) is 1. The number of aryl methyl sites for hydroxylation is 2. The van der Waals surface area contributed by atoms with Crippen LogP contribution in [0.4, 0.5) is 28.6 Å². The summed E-state index contributed by atoms with van der Waals surface area (Å²) < 4.78 is 2.59. The van der Waals surface area contributed by atoms with E-state index in [1.807, 2.05) is 74.5 Å². The van der Waals surface area contributed by atoms with E-state index in [1.54, 1.807) is 66.4 Å². The van der Waals surface area contributed by atoms with E-state index >= 15 is 9.59 Å². The summed E-state index contributed by atoms with van der Waals surface area (Å²) in [4.78, 5) is 64.6. The molecule has 6 aromatic rings. The van der Waals surface area contributed by atoms with E-state index in [0.717, 1.165) is 31.8 Å². The molecule has 2 aliphatic carbocycles. The van der Waals surface area contributed by atoms with Gasteiger partial charge in [-0.05, 0) is 128 Å². The van der Waals surface area contributed by atoms with E-state index < -0.39 is 46.8 Å². The average molecular weight is 899 g/mol. The van der Waals surface area contributed by atoms with Gasteiger partial charge >= 0.3 is 0 Å². The number of fused-ring (bicyclic) bond motifs is 5. The zero-order valence-electron chi connectivity index (χ0n) is 34.9. The van der Waals surface area contributed by atoms with Crippen LogP contribution in [0.5, 0.6) is 5.75 Å². The number of anilines is 3. The predicted octanol–water partition coefficient (Wildman–Crippen LogP) is 10.5. The molecule has 2 aromatic heterocycles. The molecule has 10 rings (SSSR count). The Hall–Kier alpha value is -6.15. The molecule has 4 aliphatic rings. The maximum Gasteiger partial charge on any atom is 0.242 e. The number of carbonyl (C=O) groups is 4. The van der Waals surface area contributed by atoms with Crippen LogP contribution in [0.25, 0.3) is 20.7 Å². The highest BCUT2D eigenvalue weighted by molar-refractivity contribution is 7.22. The van der Waals surface area contributed by atoms with Crippen LogP contribution in [0.15, 0.2) is 113 Å². The summed E-state index contributed by atoms with van der Waals surface area (Å²) >= 11 is 14.8. The minimum absolute atomic E-state index is 0.0504. The van der Waals surface area contributed by atoms with Crippen LogP contribution < -0.4 is 14.7 Å². The van der Waals surface area contributed by atoms with Gasteiger partial charge in [-0.1, -0.05) is 40.9 Å². The van der Waals surface area contributed by atoms with Crippen molar-refractivity contribution in [3.8, 4) is 16.3 Å². The Balaban J connectivity index is 0.991. The fraction of sp³-hybridized carbons (Fsp3) is 0.271. The molecule has 2 saturated heterocycles. The third-order valence-electron chi connectivity index (χ3n) is 13.5. The van der Waals surface area contributed by atoms with Crippen LogP contribution in [0.1, 0.15) is 36.8 Å². The molecule has 1 saturated carbocycles. The van der Waals surface area contributed by atoms with Crippen molar-refractivity contribution in [1.29, 1.82) is 0 Å². The number of rotatable bonds is 7. The molecule has 4 aromatic carbocycles. The van der Waals surface area contributed by atoms with E-state index in [1.165, 1.54) is 21.9 Å². The van der Waals surface area contributed by atoms with E-state index in [2.05, 4.69) is 10.2 Å². The van der Waals surface area contributed by atoms with Gasteiger partial charge in [-0.15, -0.1) is 11.3 Å². The largest absolute Gasteiger partial charge is 0.508 e. The molecule has 0 radical (unpaired) electrons. The number of aromatic hydroxyl groups is 1. The first-order valence-corrected chi connectivity index (χ1v) is 22.2. The quantitative estimate of drug-likeness (QED) is 0.0955. The summed E-state index contributed by atoms with van der Waals surface area (Å²) in [6, 6.07) is 26.6. The topological polar surface area (TPSA) is 141 Å². The number of halogens is 2. The van der Waals surface area contributed by atoms with Crippen molar-refractivity contribution in [3.05, 3.63) is 124 Å². The van der Waals surface area contributed by atoms with Crippen LogP contribution >= 0.6 is 34.5 Å². The maximum atomic E-state index is 15.2. The van der Waals surface area contributed by atoms with E-state index in [4.69, 9.17) is 28.3 Å². The van der Waals surface area contributed by atoms with Crippen molar-refractivity contribution in [2.24, 2.45) is 46.4 Å². The average Bonchev–Trinajstić information content (AvgIpc) is 3.93. The maximum absolute atomic E-state index is 15.2. The first-order valence-electron chi connectivity index (χ1n) is 20.6. The summed E-state index contributed by atoms with van der Waals surface area (Å²) in [5.74, 6) is -4.88. The number of allylic oxidation sites excluding steroid dienone is 2. The lowest BCUT2D eigenvalue weighted by atomic mass is 9.51. The number of phenolic OH excluding ortho intramolecular Hbond substituents is 1. The number of azo groups is 1. The monoisotopic (exact) mass is 897 g/mol. The molecule has 0 bridgehead atoms. The van der Waals surface area contributed by atoms with Gasteiger partial charge in [0.15, 0.2) is 0 Å². The number of amides is 4. The minimum Gasteiger partial charge on any atom is -0.508 e. The lowest BCUT2D eigenvalue weighted by Gasteiger charge is -2.49. The number of benzene rings is 4. The Labute approximate surface area is 377 Å². The first kappa shape index (κ1) is 40.9. The van der Waals surface area contributed by atoms with Crippen LogP contribution in [-0.4, -0.2) is 52.6 Å². The molecule has 4 heterocycles. The molecular weight excluding hydrogens is 858 g/mol. The number of imide groups is 2. The highest BCUT2D eigenvalue weighted by Gasteiger charge is 2.68. The molecule has 63 heavy (non-hydrogen) atoms. The van der Waals surface area contributed by atoms with Gasteiger partial charge < -0.3 is 10.0 Å². The number of phenols is 1. The molecule has 0 spiro atoms. The summed E-state index contributed by atoms with van der Waals surface area (Å²) in [6.45, 7) is 3.80. The molecule has 318 valence electrons. The first-order chi connectivity index (χ1) is 30.1. The standard InChI is InChI=1S/C48H41Cl2N7O5S/c1-24-34-20-25(49)6-19-39(34)63-43(24)38-23-40(55(5)53-38)57-45(60)36-22-35-31(42(48(36,2)47(57)62)32-16-15-30(58)21-37(32)50)17-18-33-41(35)46(61)56(44(33)59)29-13-9-27(10-14-29)52-51-26-7-11-28(12-8-26)54(3)4/h6-17,19-21,23,33,35-36,41-42,58H,18,22H2,1-5H3/t33-,35+,36-,41-,42+,48+/m0/s1. The molecule has 12 nitrogen and oxygen atoms in total. The second kappa shape index (κ2) is 15.0. The van der Waals surface area contributed by atoms with Gasteiger partial charge in [-0.3, -0.25) is 28.8 Å². The van der Waals surface area contributed by atoms with Crippen LogP contribution in [0, 0.1) is 36.0 Å². The molecule has 15 heteroatoms. The molecule has 6 atom stereocenters. The molecule has 2 aliphatic heterocycles. The van der Waals surface area contributed by atoms with Crippen molar-refractivity contribution in [2.45, 2.75) is 32.6 Å².